The van der Waals surface area contributed by atoms with Gasteiger partial charge in [0.15, 0.2) is 0 Å². The van der Waals surface area contributed by atoms with Crippen LogP contribution in [0.1, 0.15) is 96.5 Å². The molecule has 4 aliphatic rings. The van der Waals surface area contributed by atoms with E-state index in [0.717, 1.165) is 30.8 Å². The van der Waals surface area contributed by atoms with Gasteiger partial charge in [-0.15, -0.1) is 0 Å². The summed E-state index contributed by atoms with van der Waals surface area (Å²) in [5.41, 5.74) is 6.67. The Hall–Kier alpha value is -2.45. The SMILES string of the molecule is CCNC(=O)CN1CC(c2ccc3c(c2)N(C(=O)C2CC2)C[C@H](C)N3C(C)=O)C(C2CCCCCCCC2)N1. The zero-order chi connectivity index (χ0) is 27.5. The van der Waals surface area contributed by atoms with Gasteiger partial charge in [-0.1, -0.05) is 44.6 Å². The third-order valence-corrected chi connectivity index (χ3v) is 9.20. The Bertz CT molecular complexity index is 1050. The minimum Gasteiger partial charge on any atom is -0.355 e. The van der Waals surface area contributed by atoms with Gasteiger partial charge >= 0.3 is 0 Å². The zero-order valence-electron chi connectivity index (χ0n) is 24.1. The van der Waals surface area contributed by atoms with E-state index in [9.17, 15) is 14.4 Å². The van der Waals surface area contributed by atoms with Gasteiger partial charge in [0.2, 0.25) is 17.7 Å². The summed E-state index contributed by atoms with van der Waals surface area (Å²) in [7, 11) is 0. The van der Waals surface area contributed by atoms with Crippen molar-refractivity contribution in [1.82, 2.24) is 15.8 Å². The van der Waals surface area contributed by atoms with Crippen LogP contribution in [-0.4, -0.2) is 61.0 Å². The smallest absolute Gasteiger partial charge is 0.235 e. The van der Waals surface area contributed by atoms with Crippen molar-refractivity contribution < 1.29 is 14.4 Å². The number of fused-ring (bicyclic) bond motifs is 1. The Kier molecular flexibility index (Phi) is 8.92. The average Bonchev–Trinajstić information content (AvgIpc) is 3.65. The summed E-state index contributed by atoms with van der Waals surface area (Å²) in [6.45, 7) is 7.83. The summed E-state index contributed by atoms with van der Waals surface area (Å²) in [6, 6.07) is 6.59. The minimum atomic E-state index is -0.0594. The van der Waals surface area contributed by atoms with Gasteiger partial charge in [-0.25, -0.2) is 5.01 Å². The molecule has 1 saturated heterocycles. The fourth-order valence-electron chi connectivity index (χ4n) is 7.12. The summed E-state index contributed by atoms with van der Waals surface area (Å²) >= 11 is 0. The molecule has 214 valence electrons. The van der Waals surface area contributed by atoms with Crippen LogP contribution in [0.4, 0.5) is 11.4 Å². The first kappa shape index (κ1) is 28.1. The highest BCUT2D eigenvalue weighted by atomic mass is 16.2. The van der Waals surface area contributed by atoms with Crippen LogP contribution in [-0.2, 0) is 14.4 Å². The van der Waals surface area contributed by atoms with Gasteiger partial charge in [-0.05, 0) is 63.1 Å². The van der Waals surface area contributed by atoms with Crippen molar-refractivity contribution in [2.24, 2.45) is 11.8 Å². The van der Waals surface area contributed by atoms with Crippen LogP contribution < -0.4 is 20.5 Å². The lowest BCUT2D eigenvalue weighted by atomic mass is 9.80. The number of anilines is 2. The zero-order valence-corrected chi connectivity index (χ0v) is 24.1. The largest absolute Gasteiger partial charge is 0.355 e. The highest BCUT2D eigenvalue weighted by molar-refractivity contribution is 6.05. The molecular formula is C31H47N5O3. The van der Waals surface area contributed by atoms with E-state index in [4.69, 9.17) is 0 Å². The van der Waals surface area contributed by atoms with Crippen molar-refractivity contribution in [2.75, 3.05) is 36.0 Å². The second kappa shape index (κ2) is 12.4. The van der Waals surface area contributed by atoms with Gasteiger partial charge < -0.3 is 15.1 Å². The van der Waals surface area contributed by atoms with Crippen LogP contribution in [0.5, 0.6) is 0 Å². The average molecular weight is 538 g/mol. The molecular weight excluding hydrogens is 490 g/mol. The number of carbonyl (C=O) groups excluding carboxylic acids is 3. The Morgan fingerprint density at radius 3 is 2.28 bits per heavy atom. The number of nitrogens with one attached hydrogen (secondary N) is 2. The summed E-state index contributed by atoms with van der Waals surface area (Å²) in [6.07, 6.45) is 12.1. The lowest BCUT2D eigenvalue weighted by Crippen LogP contribution is -2.51. The number of hydrogen-bond donors (Lipinski definition) is 2. The van der Waals surface area contributed by atoms with Gasteiger partial charge in [-0.3, -0.25) is 19.8 Å². The molecule has 0 spiro atoms. The molecule has 2 aliphatic heterocycles. The van der Waals surface area contributed by atoms with Gasteiger partial charge in [0, 0.05) is 44.4 Å². The Morgan fingerprint density at radius 1 is 0.949 bits per heavy atom. The number of benzene rings is 1. The fraction of sp³-hybridized carbons (Fsp3) is 0.710. The molecule has 3 amide bonds. The van der Waals surface area contributed by atoms with Crippen molar-refractivity contribution in [3.05, 3.63) is 23.8 Å². The van der Waals surface area contributed by atoms with Crippen molar-refractivity contribution in [3.8, 4) is 0 Å². The van der Waals surface area contributed by atoms with Crippen LogP contribution >= 0.6 is 0 Å². The molecule has 5 rings (SSSR count). The molecule has 8 nitrogen and oxygen atoms in total. The maximum absolute atomic E-state index is 13.4. The summed E-state index contributed by atoms with van der Waals surface area (Å²) in [4.78, 5) is 42.3. The molecule has 2 N–H and O–H groups in total. The van der Waals surface area contributed by atoms with Crippen LogP contribution in [0.15, 0.2) is 18.2 Å². The van der Waals surface area contributed by atoms with Crippen LogP contribution in [0.2, 0.25) is 0 Å². The normalized spacial score (nSPS) is 26.9. The summed E-state index contributed by atoms with van der Waals surface area (Å²) in [5, 5.41) is 5.04. The highest BCUT2D eigenvalue weighted by Gasteiger charge is 2.42. The first-order valence-corrected chi connectivity index (χ1v) is 15.4. The summed E-state index contributed by atoms with van der Waals surface area (Å²) in [5.74, 6) is 1.11. The molecule has 1 aromatic carbocycles. The number of hydrogen-bond acceptors (Lipinski definition) is 5. The number of rotatable bonds is 6. The van der Waals surface area contributed by atoms with E-state index < -0.39 is 0 Å². The third kappa shape index (κ3) is 6.32. The minimum absolute atomic E-state index is 0.00845. The molecule has 2 aliphatic carbocycles. The molecule has 0 radical (unpaired) electrons. The third-order valence-electron chi connectivity index (χ3n) is 9.20. The monoisotopic (exact) mass is 537 g/mol. The van der Waals surface area contributed by atoms with Crippen molar-refractivity contribution in [3.63, 3.8) is 0 Å². The molecule has 39 heavy (non-hydrogen) atoms. The Balaban J connectivity index is 1.48. The first-order chi connectivity index (χ1) is 18.9. The molecule has 1 aromatic rings. The molecule has 0 aromatic heterocycles. The van der Waals surface area contributed by atoms with Crippen LogP contribution in [0.25, 0.3) is 0 Å². The summed E-state index contributed by atoms with van der Waals surface area (Å²) < 4.78 is 0. The molecule has 2 unspecified atom stereocenters. The van der Waals surface area contributed by atoms with E-state index in [1.165, 1.54) is 56.9 Å². The number of likely N-dealkylation sites (N-methyl/N-ethyl adjacent to an activating group) is 1. The predicted octanol–water partition coefficient (Wildman–Crippen LogP) is 4.34. The molecule has 3 fully saturated rings. The molecule has 8 heteroatoms. The van der Waals surface area contributed by atoms with Crippen LogP contribution in [0, 0.1) is 11.8 Å². The molecule has 3 atom stereocenters. The first-order valence-electron chi connectivity index (χ1n) is 15.4. The lowest BCUT2D eigenvalue weighted by molar-refractivity contribution is -0.122. The van der Waals surface area contributed by atoms with E-state index in [1.54, 1.807) is 6.92 Å². The second-order valence-corrected chi connectivity index (χ2v) is 12.3. The van der Waals surface area contributed by atoms with E-state index in [-0.39, 0.29) is 41.6 Å². The Labute approximate surface area is 233 Å². The lowest BCUT2D eigenvalue weighted by Gasteiger charge is -2.41. The maximum atomic E-state index is 13.4. The second-order valence-electron chi connectivity index (χ2n) is 12.3. The maximum Gasteiger partial charge on any atom is 0.235 e. The quantitative estimate of drug-likeness (QED) is 0.564. The number of nitrogens with zero attached hydrogens (tertiary/aromatic N) is 3. The Morgan fingerprint density at radius 2 is 1.64 bits per heavy atom. The van der Waals surface area contributed by atoms with E-state index in [2.05, 4.69) is 34.0 Å². The molecule has 2 heterocycles. The fourth-order valence-corrected chi connectivity index (χ4v) is 7.12. The van der Waals surface area contributed by atoms with E-state index in [0.29, 0.717) is 25.6 Å². The van der Waals surface area contributed by atoms with Gasteiger partial charge in [-0.2, -0.15) is 0 Å². The van der Waals surface area contributed by atoms with Crippen molar-refractivity contribution >= 4 is 29.1 Å². The number of carbonyl (C=O) groups is 3. The van der Waals surface area contributed by atoms with Crippen molar-refractivity contribution in [2.45, 2.75) is 103 Å². The van der Waals surface area contributed by atoms with E-state index in [1.807, 2.05) is 23.6 Å². The van der Waals surface area contributed by atoms with Crippen molar-refractivity contribution in [1.29, 1.82) is 0 Å². The van der Waals surface area contributed by atoms with Gasteiger partial charge in [0.1, 0.15) is 0 Å². The standard InChI is InChI=1S/C31H47N5O3/c1-4-32-29(38)20-34-19-26(30(33-34)23-11-9-7-5-6-8-10-12-23)25-15-16-27-28(17-25)35(31(39)24-13-14-24)18-21(2)36(27)22(3)37/h15-17,21,23-24,26,30,33H,4-14,18-20H2,1-3H3,(H,32,38)/t21-,26?,30?/m0/s1. The molecule has 2 saturated carbocycles. The predicted molar refractivity (Wildman–Crippen MR) is 154 cm³/mol. The number of amides is 3. The number of hydrazine groups is 1. The van der Waals surface area contributed by atoms with Gasteiger partial charge in [0.05, 0.1) is 24.0 Å². The topological polar surface area (TPSA) is 85.0 Å². The highest BCUT2D eigenvalue weighted by Crippen LogP contribution is 2.43. The van der Waals surface area contributed by atoms with Crippen LogP contribution in [0.3, 0.4) is 0 Å². The van der Waals surface area contributed by atoms with E-state index >= 15 is 0 Å². The van der Waals surface area contributed by atoms with Gasteiger partial charge in [0.25, 0.3) is 0 Å². The molecule has 0 bridgehead atoms.